The number of hydrogen-bond acceptors (Lipinski definition) is 3. The molecular formula is C11H7BrN2O2. The van der Waals surface area contributed by atoms with Gasteiger partial charge in [0.15, 0.2) is 0 Å². The van der Waals surface area contributed by atoms with Crippen LogP contribution in [0.5, 0.6) is 0 Å². The maximum absolute atomic E-state index is 11.5. The number of halogens is 1. The highest BCUT2D eigenvalue weighted by molar-refractivity contribution is 9.10. The lowest BCUT2D eigenvalue weighted by Crippen LogP contribution is -2.29. The smallest absolute Gasteiger partial charge is 0.234 e. The number of rotatable bonds is 1. The first-order chi connectivity index (χ1) is 7.63. The standard InChI is InChI=1S/C11H7BrN2O2/c12-8-1-2-9(7(5-8)6-13)14-10(15)3-4-11(14)16/h1-2,5H,3-4H2. The summed E-state index contributed by atoms with van der Waals surface area (Å²) in [7, 11) is 0. The van der Waals surface area contributed by atoms with E-state index in [0.29, 0.717) is 11.3 Å². The number of nitrogens with zero attached hydrogens (tertiary/aromatic N) is 2. The number of carbonyl (C=O) groups excluding carboxylic acids is 2. The molecule has 0 spiro atoms. The Bertz CT molecular complexity index is 503. The summed E-state index contributed by atoms with van der Waals surface area (Å²) in [5.41, 5.74) is 0.691. The molecule has 1 aromatic rings. The molecule has 0 bridgehead atoms. The van der Waals surface area contributed by atoms with Gasteiger partial charge in [-0.15, -0.1) is 0 Å². The first-order valence-electron chi connectivity index (χ1n) is 4.69. The van der Waals surface area contributed by atoms with E-state index < -0.39 is 0 Å². The van der Waals surface area contributed by atoms with Crippen molar-refractivity contribution in [2.75, 3.05) is 4.90 Å². The molecule has 4 nitrogen and oxygen atoms in total. The summed E-state index contributed by atoms with van der Waals surface area (Å²) in [5.74, 6) is -0.493. The Kier molecular flexibility index (Phi) is 2.75. The molecule has 2 amide bonds. The van der Waals surface area contributed by atoms with Crippen LogP contribution in [-0.4, -0.2) is 11.8 Å². The number of imide groups is 1. The second-order valence-electron chi connectivity index (χ2n) is 3.40. The summed E-state index contributed by atoms with van der Waals surface area (Å²) >= 11 is 3.24. The Morgan fingerprint density at radius 3 is 2.44 bits per heavy atom. The molecule has 1 fully saturated rings. The van der Waals surface area contributed by atoms with Gasteiger partial charge in [-0.1, -0.05) is 15.9 Å². The van der Waals surface area contributed by atoms with Crippen molar-refractivity contribution in [1.29, 1.82) is 5.26 Å². The van der Waals surface area contributed by atoms with Gasteiger partial charge >= 0.3 is 0 Å². The molecule has 1 heterocycles. The van der Waals surface area contributed by atoms with Gasteiger partial charge in [0, 0.05) is 17.3 Å². The second kappa shape index (κ2) is 4.06. The number of hydrogen-bond donors (Lipinski definition) is 0. The minimum Gasteiger partial charge on any atom is -0.274 e. The van der Waals surface area contributed by atoms with Gasteiger partial charge in [-0.2, -0.15) is 5.26 Å². The lowest BCUT2D eigenvalue weighted by atomic mass is 10.2. The molecule has 0 saturated carbocycles. The maximum atomic E-state index is 11.5. The lowest BCUT2D eigenvalue weighted by Gasteiger charge is -2.15. The molecule has 1 aromatic carbocycles. The van der Waals surface area contributed by atoms with Gasteiger partial charge in [-0.25, -0.2) is 4.90 Å². The van der Waals surface area contributed by atoms with E-state index in [-0.39, 0.29) is 24.7 Å². The van der Waals surface area contributed by atoms with Crippen molar-refractivity contribution >= 4 is 33.4 Å². The Morgan fingerprint density at radius 2 is 1.88 bits per heavy atom. The van der Waals surface area contributed by atoms with Crippen LogP contribution in [0.2, 0.25) is 0 Å². The lowest BCUT2D eigenvalue weighted by molar-refractivity contribution is -0.121. The molecule has 80 valence electrons. The third-order valence-electron chi connectivity index (χ3n) is 2.37. The quantitative estimate of drug-likeness (QED) is 0.738. The molecular weight excluding hydrogens is 272 g/mol. The third-order valence-corrected chi connectivity index (χ3v) is 2.86. The fourth-order valence-electron chi connectivity index (χ4n) is 1.64. The van der Waals surface area contributed by atoms with Crippen molar-refractivity contribution in [3.05, 3.63) is 28.2 Å². The zero-order valence-electron chi connectivity index (χ0n) is 8.24. The molecule has 2 rings (SSSR count). The van der Waals surface area contributed by atoms with Crippen LogP contribution in [0, 0.1) is 11.3 Å². The molecule has 0 radical (unpaired) electrons. The summed E-state index contributed by atoms with van der Waals surface area (Å²) in [6, 6.07) is 6.87. The number of nitriles is 1. The maximum Gasteiger partial charge on any atom is 0.234 e. The van der Waals surface area contributed by atoms with Crippen LogP contribution < -0.4 is 4.90 Å². The van der Waals surface area contributed by atoms with Gasteiger partial charge in [0.25, 0.3) is 0 Å². The molecule has 1 aliphatic heterocycles. The van der Waals surface area contributed by atoms with E-state index in [1.807, 2.05) is 6.07 Å². The second-order valence-corrected chi connectivity index (χ2v) is 4.31. The number of amides is 2. The summed E-state index contributed by atoms with van der Waals surface area (Å²) in [6.07, 6.45) is 0.444. The Morgan fingerprint density at radius 1 is 1.25 bits per heavy atom. The molecule has 16 heavy (non-hydrogen) atoms. The fraction of sp³-hybridized carbons (Fsp3) is 0.182. The van der Waals surface area contributed by atoms with Crippen LogP contribution >= 0.6 is 15.9 Å². The largest absolute Gasteiger partial charge is 0.274 e. The van der Waals surface area contributed by atoms with Crippen molar-refractivity contribution in [1.82, 2.24) is 0 Å². The average Bonchev–Trinajstić information content (AvgIpc) is 2.59. The van der Waals surface area contributed by atoms with Crippen LogP contribution in [0.4, 0.5) is 5.69 Å². The fourth-order valence-corrected chi connectivity index (χ4v) is 2.00. The zero-order valence-corrected chi connectivity index (χ0v) is 9.82. The molecule has 1 aliphatic rings. The Hall–Kier alpha value is -1.67. The van der Waals surface area contributed by atoms with Gasteiger partial charge < -0.3 is 0 Å². The molecule has 0 aliphatic carbocycles. The molecule has 0 N–H and O–H groups in total. The normalized spacial score (nSPS) is 15.4. The topological polar surface area (TPSA) is 61.2 Å². The minimum absolute atomic E-state index is 0.222. The number of anilines is 1. The highest BCUT2D eigenvalue weighted by Crippen LogP contribution is 2.28. The van der Waals surface area contributed by atoms with E-state index in [2.05, 4.69) is 15.9 Å². The van der Waals surface area contributed by atoms with Crippen LogP contribution in [0.1, 0.15) is 18.4 Å². The Balaban J connectivity index is 2.52. The van der Waals surface area contributed by atoms with Gasteiger partial charge in [-0.05, 0) is 18.2 Å². The van der Waals surface area contributed by atoms with Crippen LogP contribution in [-0.2, 0) is 9.59 Å². The third kappa shape index (κ3) is 1.72. The average molecular weight is 279 g/mol. The highest BCUT2D eigenvalue weighted by atomic mass is 79.9. The van der Waals surface area contributed by atoms with E-state index in [4.69, 9.17) is 5.26 Å². The van der Waals surface area contributed by atoms with Crippen molar-refractivity contribution in [3.8, 4) is 6.07 Å². The predicted molar refractivity (Wildman–Crippen MR) is 60.6 cm³/mol. The van der Waals surface area contributed by atoms with Crippen molar-refractivity contribution in [2.45, 2.75) is 12.8 Å². The Labute approximate surface area is 101 Å². The molecule has 5 heteroatoms. The van der Waals surface area contributed by atoms with E-state index in [1.54, 1.807) is 18.2 Å². The van der Waals surface area contributed by atoms with E-state index in [0.717, 1.165) is 9.37 Å². The van der Waals surface area contributed by atoms with Crippen molar-refractivity contribution in [2.24, 2.45) is 0 Å². The van der Waals surface area contributed by atoms with Crippen LogP contribution in [0.25, 0.3) is 0 Å². The van der Waals surface area contributed by atoms with Gasteiger partial charge in [0.05, 0.1) is 11.3 Å². The minimum atomic E-state index is -0.246. The number of carbonyl (C=O) groups is 2. The SMILES string of the molecule is N#Cc1cc(Br)ccc1N1C(=O)CCC1=O. The molecule has 0 aromatic heterocycles. The van der Waals surface area contributed by atoms with Crippen molar-refractivity contribution < 1.29 is 9.59 Å². The summed E-state index contributed by atoms with van der Waals surface area (Å²) in [5, 5.41) is 8.96. The first-order valence-corrected chi connectivity index (χ1v) is 5.48. The summed E-state index contributed by atoms with van der Waals surface area (Å²) in [4.78, 5) is 24.1. The molecule has 1 saturated heterocycles. The van der Waals surface area contributed by atoms with Gasteiger partial charge in [0.2, 0.25) is 11.8 Å². The predicted octanol–water partition coefficient (Wildman–Crippen LogP) is 1.97. The van der Waals surface area contributed by atoms with Gasteiger partial charge in [0.1, 0.15) is 6.07 Å². The van der Waals surface area contributed by atoms with Crippen molar-refractivity contribution in [3.63, 3.8) is 0 Å². The van der Waals surface area contributed by atoms with Crippen LogP contribution in [0.15, 0.2) is 22.7 Å². The van der Waals surface area contributed by atoms with Gasteiger partial charge in [-0.3, -0.25) is 9.59 Å². The summed E-state index contributed by atoms with van der Waals surface area (Å²) < 4.78 is 0.742. The van der Waals surface area contributed by atoms with Crippen LogP contribution in [0.3, 0.4) is 0 Å². The number of benzene rings is 1. The monoisotopic (exact) mass is 278 g/mol. The van der Waals surface area contributed by atoms with E-state index in [1.165, 1.54) is 0 Å². The summed E-state index contributed by atoms with van der Waals surface area (Å²) in [6.45, 7) is 0. The van der Waals surface area contributed by atoms with E-state index >= 15 is 0 Å². The molecule has 0 unspecified atom stereocenters. The van der Waals surface area contributed by atoms with E-state index in [9.17, 15) is 9.59 Å². The molecule has 0 atom stereocenters. The highest BCUT2D eigenvalue weighted by Gasteiger charge is 2.31. The zero-order chi connectivity index (χ0) is 11.7. The first kappa shape index (κ1) is 10.8.